The molecule has 0 unspecified atom stereocenters. The van der Waals surface area contributed by atoms with Crippen molar-refractivity contribution in [3.05, 3.63) is 52.0 Å². The van der Waals surface area contributed by atoms with Crippen LogP contribution in [0.4, 0.5) is 5.69 Å². The van der Waals surface area contributed by atoms with Crippen LogP contribution in [-0.2, 0) is 16.0 Å². The minimum absolute atomic E-state index is 0.224. The normalized spacial score (nSPS) is 10.4. The van der Waals surface area contributed by atoms with E-state index >= 15 is 0 Å². The van der Waals surface area contributed by atoms with Crippen LogP contribution in [0.5, 0.6) is 0 Å². The molecule has 8 nitrogen and oxygen atoms in total. The molecule has 1 aromatic carbocycles. The van der Waals surface area contributed by atoms with Crippen molar-refractivity contribution in [2.24, 2.45) is 0 Å². The second-order valence-electron chi connectivity index (χ2n) is 5.16. The van der Waals surface area contributed by atoms with E-state index in [-0.39, 0.29) is 17.7 Å². The van der Waals surface area contributed by atoms with Crippen LogP contribution in [0.2, 0.25) is 0 Å². The number of hydrogen-bond acceptors (Lipinski definition) is 9. The molecular formula is C17H15N3O5S. The second-order valence-corrected chi connectivity index (χ2v) is 5.94. The predicted molar refractivity (Wildman–Crippen MR) is 94.1 cm³/mol. The van der Waals surface area contributed by atoms with E-state index < -0.39 is 11.9 Å². The molecule has 2 heterocycles. The third kappa shape index (κ3) is 3.89. The van der Waals surface area contributed by atoms with Crippen LogP contribution in [-0.4, -0.2) is 36.3 Å². The van der Waals surface area contributed by atoms with Gasteiger partial charge >= 0.3 is 11.9 Å². The van der Waals surface area contributed by atoms with Crippen LogP contribution < -0.4 is 5.32 Å². The summed E-state index contributed by atoms with van der Waals surface area (Å²) in [4.78, 5) is 27.9. The molecule has 134 valence electrons. The van der Waals surface area contributed by atoms with E-state index in [1.54, 1.807) is 23.5 Å². The number of benzene rings is 1. The zero-order valence-electron chi connectivity index (χ0n) is 14.0. The van der Waals surface area contributed by atoms with Crippen molar-refractivity contribution >= 4 is 29.0 Å². The van der Waals surface area contributed by atoms with Gasteiger partial charge in [-0.1, -0.05) is 5.16 Å². The number of hydrogen-bond donors (Lipinski definition) is 1. The second kappa shape index (κ2) is 7.79. The van der Waals surface area contributed by atoms with E-state index in [1.807, 2.05) is 16.8 Å². The number of esters is 2. The number of aromatic nitrogens is 2. The van der Waals surface area contributed by atoms with Gasteiger partial charge in [0.2, 0.25) is 11.7 Å². The van der Waals surface area contributed by atoms with Gasteiger partial charge in [-0.2, -0.15) is 16.3 Å². The molecule has 26 heavy (non-hydrogen) atoms. The van der Waals surface area contributed by atoms with E-state index in [0.717, 1.165) is 5.56 Å². The molecule has 9 heteroatoms. The fourth-order valence-corrected chi connectivity index (χ4v) is 2.85. The van der Waals surface area contributed by atoms with Gasteiger partial charge in [-0.25, -0.2) is 9.59 Å². The van der Waals surface area contributed by atoms with E-state index in [9.17, 15) is 9.59 Å². The summed E-state index contributed by atoms with van der Waals surface area (Å²) in [6.45, 7) is 0.225. The Bertz CT molecular complexity index is 886. The fraction of sp³-hybridized carbons (Fsp3) is 0.176. The lowest BCUT2D eigenvalue weighted by Crippen LogP contribution is -2.09. The van der Waals surface area contributed by atoms with Gasteiger partial charge in [-0.05, 0) is 29.6 Å². The van der Waals surface area contributed by atoms with Crippen molar-refractivity contribution in [2.75, 3.05) is 19.5 Å². The number of ether oxygens (including phenoxy) is 2. The maximum atomic E-state index is 11.8. The van der Waals surface area contributed by atoms with Gasteiger partial charge in [-0.3, -0.25) is 0 Å². The SMILES string of the molecule is COC(=O)c1cc(NCc2nc(-c3ccsc3)no2)cc(C(=O)OC)c1. The van der Waals surface area contributed by atoms with Crippen molar-refractivity contribution in [1.82, 2.24) is 10.1 Å². The van der Waals surface area contributed by atoms with Crippen LogP contribution in [0.15, 0.2) is 39.5 Å². The van der Waals surface area contributed by atoms with Crippen molar-refractivity contribution < 1.29 is 23.6 Å². The minimum atomic E-state index is -0.559. The lowest BCUT2D eigenvalue weighted by molar-refractivity contribution is 0.0599. The Labute approximate surface area is 152 Å². The number of thiophene rings is 1. The quantitative estimate of drug-likeness (QED) is 0.658. The summed E-state index contributed by atoms with van der Waals surface area (Å²) in [6, 6.07) is 6.43. The molecule has 0 saturated carbocycles. The first-order chi connectivity index (χ1) is 12.6. The van der Waals surface area contributed by atoms with E-state index in [4.69, 9.17) is 14.0 Å². The summed E-state index contributed by atoms with van der Waals surface area (Å²) in [5.74, 6) is -0.247. The highest BCUT2D eigenvalue weighted by molar-refractivity contribution is 7.08. The predicted octanol–water partition coefficient (Wildman–Crippen LogP) is 2.98. The van der Waals surface area contributed by atoms with E-state index in [0.29, 0.717) is 17.4 Å². The highest BCUT2D eigenvalue weighted by atomic mass is 32.1. The topological polar surface area (TPSA) is 104 Å². The Kier molecular flexibility index (Phi) is 5.28. The monoisotopic (exact) mass is 373 g/mol. The minimum Gasteiger partial charge on any atom is -0.465 e. The maximum absolute atomic E-state index is 11.8. The number of nitrogens with zero attached hydrogens (tertiary/aromatic N) is 2. The molecule has 0 aliphatic rings. The molecule has 0 fully saturated rings. The Morgan fingerprint density at radius 2 is 1.85 bits per heavy atom. The van der Waals surface area contributed by atoms with E-state index in [1.165, 1.54) is 20.3 Å². The van der Waals surface area contributed by atoms with Gasteiger partial charge in [0.1, 0.15) is 0 Å². The van der Waals surface area contributed by atoms with Gasteiger partial charge in [-0.15, -0.1) is 0 Å². The van der Waals surface area contributed by atoms with Gasteiger partial charge < -0.3 is 19.3 Å². The smallest absolute Gasteiger partial charge is 0.337 e. The van der Waals surface area contributed by atoms with Crippen LogP contribution >= 0.6 is 11.3 Å². The zero-order valence-corrected chi connectivity index (χ0v) is 14.8. The Morgan fingerprint density at radius 3 is 2.42 bits per heavy atom. The molecule has 3 aromatic rings. The molecule has 0 amide bonds. The summed E-state index contributed by atoms with van der Waals surface area (Å²) in [5, 5.41) is 10.8. The maximum Gasteiger partial charge on any atom is 0.337 e. The van der Waals surface area contributed by atoms with Crippen LogP contribution in [0.1, 0.15) is 26.6 Å². The Morgan fingerprint density at radius 1 is 1.15 bits per heavy atom. The summed E-state index contributed by atoms with van der Waals surface area (Å²) >= 11 is 1.54. The van der Waals surface area contributed by atoms with Gasteiger partial charge in [0.15, 0.2) is 0 Å². The number of anilines is 1. The van der Waals surface area contributed by atoms with Crippen LogP contribution in [0, 0.1) is 0 Å². The summed E-state index contributed by atoms with van der Waals surface area (Å²) in [6.07, 6.45) is 0. The van der Waals surface area contributed by atoms with Crippen molar-refractivity contribution in [2.45, 2.75) is 6.54 Å². The third-order valence-electron chi connectivity index (χ3n) is 3.47. The van der Waals surface area contributed by atoms with Crippen molar-refractivity contribution in [3.8, 4) is 11.4 Å². The molecule has 0 saturated heterocycles. The molecule has 0 bridgehead atoms. The molecule has 0 atom stereocenters. The average molecular weight is 373 g/mol. The number of carbonyl (C=O) groups excluding carboxylic acids is 2. The number of rotatable bonds is 6. The first kappa shape index (κ1) is 17.6. The van der Waals surface area contributed by atoms with Crippen molar-refractivity contribution in [3.63, 3.8) is 0 Å². The van der Waals surface area contributed by atoms with Crippen LogP contribution in [0.25, 0.3) is 11.4 Å². The molecule has 0 spiro atoms. The van der Waals surface area contributed by atoms with Gasteiger partial charge in [0, 0.05) is 16.6 Å². The average Bonchev–Trinajstić information content (AvgIpc) is 3.36. The first-order valence-corrected chi connectivity index (χ1v) is 8.45. The molecule has 0 radical (unpaired) electrons. The first-order valence-electron chi connectivity index (χ1n) is 7.51. The molecule has 2 aromatic heterocycles. The third-order valence-corrected chi connectivity index (χ3v) is 4.15. The summed E-state index contributed by atoms with van der Waals surface area (Å²) in [7, 11) is 2.54. The Hall–Kier alpha value is -3.20. The number of nitrogens with one attached hydrogen (secondary N) is 1. The summed E-state index contributed by atoms with van der Waals surface area (Å²) in [5.41, 5.74) is 1.85. The number of carbonyl (C=O) groups is 2. The van der Waals surface area contributed by atoms with Crippen LogP contribution in [0.3, 0.4) is 0 Å². The highest BCUT2D eigenvalue weighted by Crippen LogP contribution is 2.20. The zero-order chi connectivity index (χ0) is 18.5. The molecule has 0 aliphatic carbocycles. The molecule has 3 rings (SSSR count). The van der Waals surface area contributed by atoms with Crippen molar-refractivity contribution in [1.29, 1.82) is 0 Å². The lowest BCUT2D eigenvalue weighted by atomic mass is 10.1. The van der Waals surface area contributed by atoms with E-state index in [2.05, 4.69) is 15.5 Å². The molecular weight excluding hydrogens is 358 g/mol. The summed E-state index contributed by atoms with van der Waals surface area (Å²) < 4.78 is 14.6. The van der Waals surface area contributed by atoms with Gasteiger partial charge in [0.05, 0.1) is 31.9 Å². The molecule has 0 aliphatic heterocycles. The van der Waals surface area contributed by atoms with Gasteiger partial charge in [0.25, 0.3) is 0 Å². The standard InChI is InChI=1S/C17H15N3O5S/c1-23-16(21)11-5-12(17(22)24-2)7-13(6-11)18-8-14-19-15(20-25-14)10-3-4-26-9-10/h3-7,9,18H,8H2,1-2H3. The fourth-order valence-electron chi connectivity index (χ4n) is 2.21. The largest absolute Gasteiger partial charge is 0.465 e. The Balaban J connectivity index is 1.78. The molecule has 1 N–H and O–H groups in total. The highest BCUT2D eigenvalue weighted by Gasteiger charge is 2.15. The number of methoxy groups -OCH3 is 2. The lowest BCUT2D eigenvalue weighted by Gasteiger charge is -2.09.